The van der Waals surface area contributed by atoms with E-state index in [-0.39, 0.29) is 10.7 Å². The quantitative estimate of drug-likeness (QED) is 0.621. The van der Waals surface area contributed by atoms with Crippen LogP contribution in [0.4, 0.5) is 13.2 Å². The molecule has 2 rings (SSSR count). The normalized spacial score (nSPS) is 11.4. The van der Waals surface area contributed by atoms with Gasteiger partial charge in [-0.05, 0) is 19.4 Å². The standard InChI is InChI=1S/C14H13F3N4S/c1-10-7-12(14(15,16)17)11(8-18)13(20-10)22-6-2-4-21-5-3-19-9-21/h3,5,7,9H,2,4,6H2,1H3. The van der Waals surface area contributed by atoms with E-state index in [1.807, 2.05) is 10.8 Å². The number of rotatable bonds is 5. The van der Waals surface area contributed by atoms with Gasteiger partial charge in [0.25, 0.3) is 0 Å². The zero-order valence-electron chi connectivity index (χ0n) is 11.8. The van der Waals surface area contributed by atoms with Crippen LogP contribution in [0, 0.1) is 18.3 Å². The highest BCUT2D eigenvalue weighted by Gasteiger charge is 2.35. The Balaban J connectivity index is 2.10. The first-order valence-electron chi connectivity index (χ1n) is 6.49. The number of nitriles is 1. The number of thioether (sulfide) groups is 1. The van der Waals surface area contributed by atoms with Crippen LogP contribution in [0.25, 0.3) is 0 Å². The largest absolute Gasteiger partial charge is 0.417 e. The number of pyridine rings is 1. The molecule has 0 aromatic carbocycles. The Morgan fingerprint density at radius 1 is 1.41 bits per heavy atom. The summed E-state index contributed by atoms with van der Waals surface area (Å²) in [5.74, 6) is 0.570. The van der Waals surface area contributed by atoms with E-state index >= 15 is 0 Å². The molecule has 0 bridgehead atoms. The summed E-state index contributed by atoms with van der Waals surface area (Å²) in [5.41, 5.74) is -1.06. The molecule has 0 N–H and O–H groups in total. The predicted molar refractivity (Wildman–Crippen MR) is 76.3 cm³/mol. The lowest BCUT2D eigenvalue weighted by Gasteiger charge is -2.12. The Hall–Kier alpha value is -2.01. The van der Waals surface area contributed by atoms with Gasteiger partial charge in [0.15, 0.2) is 0 Å². The number of alkyl halides is 3. The molecular weight excluding hydrogens is 313 g/mol. The van der Waals surface area contributed by atoms with Crippen LogP contribution in [0.1, 0.15) is 23.2 Å². The highest BCUT2D eigenvalue weighted by Crippen LogP contribution is 2.35. The van der Waals surface area contributed by atoms with Gasteiger partial charge in [0.1, 0.15) is 11.1 Å². The summed E-state index contributed by atoms with van der Waals surface area (Å²) in [4.78, 5) is 7.99. The van der Waals surface area contributed by atoms with Crippen LogP contribution in [-0.2, 0) is 12.7 Å². The number of aromatic nitrogens is 3. The zero-order chi connectivity index (χ0) is 16.2. The molecule has 0 atom stereocenters. The van der Waals surface area contributed by atoms with Gasteiger partial charge in [0.2, 0.25) is 0 Å². The van der Waals surface area contributed by atoms with Gasteiger partial charge in [0.05, 0.1) is 17.5 Å². The van der Waals surface area contributed by atoms with Crippen molar-refractivity contribution in [1.29, 1.82) is 5.26 Å². The fourth-order valence-corrected chi connectivity index (χ4v) is 2.89. The van der Waals surface area contributed by atoms with E-state index in [2.05, 4.69) is 9.97 Å². The van der Waals surface area contributed by atoms with E-state index in [0.717, 1.165) is 12.5 Å². The van der Waals surface area contributed by atoms with E-state index in [9.17, 15) is 13.2 Å². The maximum Gasteiger partial charge on any atom is 0.417 e. The van der Waals surface area contributed by atoms with Gasteiger partial charge in [0, 0.05) is 30.4 Å². The van der Waals surface area contributed by atoms with Crippen molar-refractivity contribution < 1.29 is 13.2 Å². The van der Waals surface area contributed by atoms with E-state index in [1.165, 1.54) is 18.7 Å². The molecule has 4 nitrogen and oxygen atoms in total. The summed E-state index contributed by atoms with van der Waals surface area (Å²) in [6.45, 7) is 2.21. The van der Waals surface area contributed by atoms with E-state index < -0.39 is 17.3 Å². The molecule has 116 valence electrons. The third-order valence-electron chi connectivity index (χ3n) is 2.89. The molecule has 0 radical (unpaired) electrons. The first kappa shape index (κ1) is 16.4. The molecular formula is C14H13F3N4S. The highest BCUT2D eigenvalue weighted by atomic mass is 32.2. The minimum Gasteiger partial charge on any atom is -0.337 e. The van der Waals surface area contributed by atoms with Crippen molar-refractivity contribution in [2.45, 2.75) is 31.1 Å². The molecule has 2 aromatic rings. The lowest BCUT2D eigenvalue weighted by atomic mass is 10.1. The zero-order valence-corrected chi connectivity index (χ0v) is 12.6. The van der Waals surface area contributed by atoms with Gasteiger partial charge in [-0.25, -0.2) is 9.97 Å². The van der Waals surface area contributed by atoms with E-state index in [1.54, 1.807) is 18.6 Å². The van der Waals surface area contributed by atoms with Gasteiger partial charge in [-0.3, -0.25) is 0 Å². The van der Waals surface area contributed by atoms with Crippen LogP contribution in [0.3, 0.4) is 0 Å². The lowest BCUT2D eigenvalue weighted by molar-refractivity contribution is -0.138. The molecule has 0 amide bonds. The molecule has 0 unspecified atom stereocenters. The molecule has 2 aromatic heterocycles. The first-order chi connectivity index (χ1) is 10.4. The molecule has 2 heterocycles. The Kier molecular flexibility index (Phi) is 5.08. The Morgan fingerprint density at radius 3 is 2.77 bits per heavy atom. The van der Waals surface area contributed by atoms with Crippen molar-refractivity contribution in [2.24, 2.45) is 0 Å². The minimum absolute atomic E-state index is 0.139. The summed E-state index contributed by atoms with van der Waals surface area (Å²) in [6.07, 6.45) is 1.35. The Morgan fingerprint density at radius 2 is 2.18 bits per heavy atom. The molecule has 8 heteroatoms. The Labute approximate surface area is 130 Å². The van der Waals surface area contributed by atoms with Crippen LogP contribution in [0.15, 0.2) is 29.8 Å². The molecule has 0 fully saturated rings. The maximum absolute atomic E-state index is 13.0. The number of imidazole rings is 1. The molecule has 0 aliphatic rings. The molecule has 22 heavy (non-hydrogen) atoms. The van der Waals surface area contributed by atoms with Gasteiger partial charge < -0.3 is 4.57 Å². The highest BCUT2D eigenvalue weighted by molar-refractivity contribution is 7.99. The van der Waals surface area contributed by atoms with Crippen LogP contribution in [0.5, 0.6) is 0 Å². The van der Waals surface area contributed by atoms with Crippen LogP contribution in [-0.4, -0.2) is 20.3 Å². The van der Waals surface area contributed by atoms with Gasteiger partial charge >= 0.3 is 6.18 Å². The summed E-state index contributed by atoms with van der Waals surface area (Å²) < 4.78 is 40.8. The summed E-state index contributed by atoms with van der Waals surface area (Å²) in [5, 5.41) is 9.18. The lowest BCUT2D eigenvalue weighted by Crippen LogP contribution is -2.10. The average Bonchev–Trinajstić information content (AvgIpc) is 2.95. The summed E-state index contributed by atoms with van der Waals surface area (Å²) in [6, 6.07) is 2.54. The van der Waals surface area contributed by atoms with E-state index in [4.69, 9.17) is 5.26 Å². The number of halogens is 3. The molecule has 0 spiro atoms. The van der Waals surface area contributed by atoms with Gasteiger partial charge in [-0.2, -0.15) is 18.4 Å². The number of aryl methyl sites for hydroxylation is 2. The van der Waals surface area contributed by atoms with Crippen molar-refractivity contribution >= 4 is 11.8 Å². The van der Waals surface area contributed by atoms with Crippen molar-refractivity contribution in [3.05, 3.63) is 41.6 Å². The average molecular weight is 326 g/mol. The first-order valence-corrected chi connectivity index (χ1v) is 7.48. The van der Waals surface area contributed by atoms with Crippen LogP contribution >= 0.6 is 11.8 Å². The van der Waals surface area contributed by atoms with Crippen LogP contribution in [0.2, 0.25) is 0 Å². The third-order valence-corrected chi connectivity index (χ3v) is 3.95. The molecule has 0 aliphatic carbocycles. The van der Waals surface area contributed by atoms with E-state index in [0.29, 0.717) is 12.3 Å². The number of nitrogens with zero attached hydrogens (tertiary/aromatic N) is 4. The molecule has 0 saturated carbocycles. The van der Waals surface area contributed by atoms with Crippen molar-refractivity contribution in [1.82, 2.24) is 14.5 Å². The SMILES string of the molecule is Cc1cc(C(F)(F)F)c(C#N)c(SCCCn2ccnc2)n1. The molecule has 0 aliphatic heterocycles. The summed E-state index contributed by atoms with van der Waals surface area (Å²) in [7, 11) is 0. The second-order valence-corrected chi connectivity index (χ2v) is 5.69. The monoisotopic (exact) mass is 326 g/mol. The fraction of sp³-hybridized carbons (Fsp3) is 0.357. The van der Waals surface area contributed by atoms with Crippen molar-refractivity contribution in [3.8, 4) is 6.07 Å². The third kappa shape index (κ3) is 4.01. The van der Waals surface area contributed by atoms with Crippen molar-refractivity contribution in [3.63, 3.8) is 0 Å². The van der Waals surface area contributed by atoms with Crippen LogP contribution < -0.4 is 0 Å². The second kappa shape index (κ2) is 6.83. The number of hydrogen-bond donors (Lipinski definition) is 0. The second-order valence-electron chi connectivity index (χ2n) is 4.60. The number of hydrogen-bond acceptors (Lipinski definition) is 4. The fourth-order valence-electron chi connectivity index (χ4n) is 1.92. The topological polar surface area (TPSA) is 54.5 Å². The van der Waals surface area contributed by atoms with Gasteiger partial charge in [-0.1, -0.05) is 0 Å². The van der Waals surface area contributed by atoms with Crippen molar-refractivity contribution in [2.75, 3.05) is 5.75 Å². The summed E-state index contributed by atoms with van der Waals surface area (Å²) >= 11 is 1.17. The predicted octanol–water partition coefficient (Wildman–Crippen LogP) is 3.66. The maximum atomic E-state index is 13.0. The minimum atomic E-state index is -4.55. The Bertz CT molecular complexity index is 675. The van der Waals surface area contributed by atoms with Gasteiger partial charge in [-0.15, -0.1) is 11.8 Å². The molecule has 0 saturated heterocycles. The smallest absolute Gasteiger partial charge is 0.337 e.